The van der Waals surface area contributed by atoms with Crippen LogP contribution in [0.4, 0.5) is 0 Å². The van der Waals surface area contributed by atoms with Crippen molar-refractivity contribution in [1.82, 2.24) is 0 Å². The molecule has 0 aromatic carbocycles. The highest BCUT2D eigenvalue weighted by atomic mass is 16.3. The van der Waals surface area contributed by atoms with Gasteiger partial charge in [0.1, 0.15) is 6.54 Å². The number of hydrogen-bond donors (Lipinski definition) is 1. The average molecular weight is 380 g/mol. The lowest BCUT2D eigenvalue weighted by atomic mass is 10.1. The molecule has 3 heteroatoms. The third-order valence-electron chi connectivity index (χ3n) is 6.35. The van der Waals surface area contributed by atoms with Crippen LogP contribution in [0.15, 0.2) is 17.1 Å². The molecule has 0 aliphatic carbocycles. The Hall–Kier alpha value is -0.670. The summed E-state index contributed by atoms with van der Waals surface area (Å²) in [7, 11) is 0. The molecule has 0 fully saturated rings. The number of quaternary nitrogens is 1. The van der Waals surface area contributed by atoms with Gasteiger partial charge in [-0.2, -0.15) is 0 Å². The molecule has 3 nitrogen and oxygen atoms in total. The van der Waals surface area contributed by atoms with Gasteiger partial charge < -0.3 is 5.11 Å². The monoisotopic (exact) mass is 379 g/mol. The molecule has 27 heavy (non-hydrogen) atoms. The highest BCUT2D eigenvalue weighted by Crippen LogP contribution is 2.26. The van der Waals surface area contributed by atoms with Gasteiger partial charge >= 0.3 is 0 Å². The van der Waals surface area contributed by atoms with Crippen molar-refractivity contribution in [1.29, 1.82) is 0 Å². The van der Waals surface area contributed by atoms with Gasteiger partial charge in [0.05, 0.1) is 12.8 Å². The number of unbranched alkanes of at least 4 members (excludes halogenated alkanes) is 11. The van der Waals surface area contributed by atoms with Crippen molar-refractivity contribution in [3.05, 3.63) is 12.2 Å². The third-order valence-corrected chi connectivity index (χ3v) is 6.35. The minimum atomic E-state index is -0.314. The van der Waals surface area contributed by atoms with Crippen LogP contribution in [-0.4, -0.2) is 41.3 Å². The average Bonchev–Trinajstić information content (AvgIpc) is 3.09. The molecular weight excluding hydrogens is 332 g/mol. The van der Waals surface area contributed by atoms with E-state index < -0.39 is 0 Å². The fourth-order valence-electron chi connectivity index (χ4n) is 4.31. The van der Waals surface area contributed by atoms with Crippen LogP contribution in [0.1, 0.15) is 111 Å². The van der Waals surface area contributed by atoms with Crippen molar-refractivity contribution < 1.29 is 9.59 Å². The van der Waals surface area contributed by atoms with Crippen LogP contribution in [0.25, 0.3) is 0 Å². The second-order valence-electron chi connectivity index (χ2n) is 8.42. The van der Waals surface area contributed by atoms with Crippen molar-refractivity contribution in [2.45, 2.75) is 123 Å². The summed E-state index contributed by atoms with van der Waals surface area (Å²) in [6.45, 7) is 8.23. The lowest BCUT2D eigenvalue weighted by molar-refractivity contribution is -0.976. The van der Waals surface area contributed by atoms with E-state index in [2.05, 4.69) is 31.0 Å². The molecule has 0 amide bonds. The Labute approximate surface area is 169 Å². The maximum atomic E-state index is 10.2. The van der Waals surface area contributed by atoms with E-state index in [0.717, 1.165) is 24.0 Å². The number of hydrogen-bond acceptors (Lipinski definition) is 2. The summed E-state index contributed by atoms with van der Waals surface area (Å²) < 4.78 is 0.739. The lowest BCUT2D eigenvalue weighted by Crippen LogP contribution is -2.57. The van der Waals surface area contributed by atoms with E-state index >= 15 is 0 Å². The first-order valence-corrected chi connectivity index (χ1v) is 11.9. The molecule has 0 saturated heterocycles. The second-order valence-corrected chi connectivity index (χ2v) is 8.42. The van der Waals surface area contributed by atoms with E-state index in [9.17, 15) is 5.11 Å². The molecule has 0 aromatic heterocycles. The number of aliphatic imine (C=N–C) groups is 1. The van der Waals surface area contributed by atoms with Crippen molar-refractivity contribution in [2.75, 3.05) is 13.1 Å². The summed E-state index contributed by atoms with van der Waals surface area (Å²) in [6, 6.07) is 0. The highest BCUT2D eigenvalue weighted by Gasteiger charge is 2.41. The van der Waals surface area contributed by atoms with E-state index in [4.69, 9.17) is 0 Å². The molecule has 0 spiro atoms. The molecule has 0 bridgehead atoms. The predicted octanol–water partition coefficient (Wildman–Crippen LogP) is 6.61. The quantitative estimate of drug-likeness (QED) is 0.172. The van der Waals surface area contributed by atoms with Gasteiger partial charge in [0.25, 0.3) is 0 Å². The zero-order valence-corrected chi connectivity index (χ0v) is 18.5. The van der Waals surface area contributed by atoms with Crippen LogP contribution in [0.5, 0.6) is 0 Å². The first-order chi connectivity index (χ1) is 13.2. The fourth-order valence-corrected chi connectivity index (χ4v) is 4.31. The summed E-state index contributed by atoms with van der Waals surface area (Å²) in [5, 5.41) is 10.2. The number of aliphatic hydroxyl groups excluding tert-OH is 1. The van der Waals surface area contributed by atoms with Crippen molar-refractivity contribution in [3.63, 3.8) is 0 Å². The number of rotatable bonds is 17. The Morgan fingerprint density at radius 1 is 0.926 bits per heavy atom. The fraction of sp³-hybridized carbons (Fsp3) is 0.875. The van der Waals surface area contributed by atoms with E-state index in [-0.39, 0.29) is 12.4 Å². The Kier molecular flexibility index (Phi) is 13.8. The molecular formula is C24H47N2O+. The van der Waals surface area contributed by atoms with E-state index in [1.165, 1.54) is 83.5 Å². The number of allylic oxidation sites excluding steroid dienone is 2. The van der Waals surface area contributed by atoms with Gasteiger partial charge in [-0.15, -0.1) is 0 Å². The molecule has 1 rings (SSSR count). The van der Waals surface area contributed by atoms with Gasteiger partial charge in [0, 0.05) is 13.3 Å². The maximum Gasteiger partial charge on any atom is 0.189 e. The van der Waals surface area contributed by atoms with Crippen LogP contribution in [-0.2, 0) is 0 Å². The summed E-state index contributed by atoms with van der Waals surface area (Å²) in [4.78, 5) is 4.66. The molecule has 3 unspecified atom stereocenters. The third kappa shape index (κ3) is 9.38. The number of aliphatic hydroxyl groups is 1. The van der Waals surface area contributed by atoms with Crippen LogP contribution in [0.2, 0.25) is 0 Å². The predicted molar refractivity (Wildman–Crippen MR) is 119 cm³/mol. The van der Waals surface area contributed by atoms with Crippen molar-refractivity contribution in [2.24, 2.45) is 4.99 Å². The Bertz CT molecular complexity index is 405. The smallest absolute Gasteiger partial charge is 0.189 e. The van der Waals surface area contributed by atoms with Crippen LogP contribution in [0, 0.1) is 0 Å². The lowest BCUT2D eigenvalue weighted by Gasteiger charge is -2.40. The SMILES string of the molecule is CCCCCCCC/C=C/CCCCCCCC1N=CC[N+]1(CC)C(C)O. The van der Waals surface area contributed by atoms with Gasteiger partial charge in [-0.25, -0.2) is 4.99 Å². The molecule has 1 N–H and O–H groups in total. The van der Waals surface area contributed by atoms with Crippen molar-refractivity contribution in [3.8, 4) is 0 Å². The molecule has 1 aliphatic heterocycles. The Morgan fingerprint density at radius 3 is 2.04 bits per heavy atom. The maximum absolute atomic E-state index is 10.2. The second kappa shape index (κ2) is 15.3. The molecule has 1 aliphatic rings. The van der Waals surface area contributed by atoms with Gasteiger partial charge in [0.15, 0.2) is 12.4 Å². The standard InChI is InChI=1S/C24H47N2O/c1-4-6-7-8-9-10-11-12-13-14-15-16-17-18-19-20-24-25-21-22-26(24,5-2)23(3)27/h12-13,21,23-24,27H,4-11,14-20,22H2,1-3H3/q+1/b13-12+. The summed E-state index contributed by atoms with van der Waals surface area (Å²) in [5.41, 5.74) is 0. The zero-order valence-electron chi connectivity index (χ0n) is 18.5. The largest absolute Gasteiger partial charge is 0.345 e. The normalized spacial score (nSPS) is 23.5. The Morgan fingerprint density at radius 2 is 1.48 bits per heavy atom. The van der Waals surface area contributed by atoms with Gasteiger partial charge in [-0.05, 0) is 39.0 Å². The summed E-state index contributed by atoms with van der Waals surface area (Å²) in [6.07, 6.45) is 25.3. The van der Waals surface area contributed by atoms with Crippen LogP contribution < -0.4 is 0 Å². The minimum absolute atomic E-state index is 0.278. The summed E-state index contributed by atoms with van der Waals surface area (Å²) in [5.74, 6) is 0. The summed E-state index contributed by atoms with van der Waals surface area (Å²) >= 11 is 0. The molecule has 1 heterocycles. The van der Waals surface area contributed by atoms with Gasteiger partial charge in [0.2, 0.25) is 0 Å². The first kappa shape index (κ1) is 24.4. The zero-order chi connectivity index (χ0) is 19.8. The minimum Gasteiger partial charge on any atom is -0.345 e. The Balaban J connectivity index is 1.94. The first-order valence-electron chi connectivity index (χ1n) is 11.9. The highest BCUT2D eigenvalue weighted by molar-refractivity contribution is 5.60. The molecule has 3 atom stereocenters. The van der Waals surface area contributed by atoms with E-state index in [1.54, 1.807) is 0 Å². The van der Waals surface area contributed by atoms with Crippen LogP contribution >= 0.6 is 0 Å². The van der Waals surface area contributed by atoms with Gasteiger partial charge in [-0.1, -0.05) is 70.4 Å². The topological polar surface area (TPSA) is 32.6 Å². The van der Waals surface area contributed by atoms with Crippen molar-refractivity contribution >= 4 is 6.21 Å². The van der Waals surface area contributed by atoms with Gasteiger partial charge in [-0.3, -0.25) is 4.48 Å². The molecule has 0 saturated carbocycles. The molecule has 0 radical (unpaired) electrons. The van der Waals surface area contributed by atoms with E-state index in [0.29, 0.717) is 0 Å². The van der Waals surface area contributed by atoms with E-state index in [1.807, 2.05) is 13.1 Å². The molecule has 158 valence electrons. The van der Waals surface area contributed by atoms with Crippen LogP contribution in [0.3, 0.4) is 0 Å². The molecule has 0 aromatic rings. The number of nitrogens with zero attached hydrogens (tertiary/aromatic N) is 2.